The molecule has 3 atom stereocenters. The summed E-state index contributed by atoms with van der Waals surface area (Å²) in [7, 11) is 5.26. The first-order valence-corrected chi connectivity index (χ1v) is 10.3. The SMILES string of the molecule is COc1ccc(CC(=O)N2C[C@@H]3CN[C@H](CCCC(=O)N(C)C)[C@H](C3)C2)cc1. The molecule has 2 fully saturated rings. The number of carbonyl (C=O) groups is 2. The van der Waals surface area contributed by atoms with Gasteiger partial charge in [0, 0.05) is 39.6 Å². The average molecular weight is 388 g/mol. The van der Waals surface area contributed by atoms with Crippen LogP contribution in [-0.2, 0) is 16.0 Å². The molecule has 2 heterocycles. The molecule has 1 aromatic rings. The molecule has 1 N–H and O–H groups in total. The van der Waals surface area contributed by atoms with E-state index >= 15 is 0 Å². The van der Waals surface area contributed by atoms with Crippen molar-refractivity contribution in [1.29, 1.82) is 0 Å². The highest BCUT2D eigenvalue weighted by molar-refractivity contribution is 5.79. The van der Waals surface area contributed by atoms with Crippen LogP contribution in [0.1, 0.15) is 31.2 Å². The predicted octanol–water partition coefficient (Wildman–Crippen LogP) is 1.93. The summed E-state index contributed by atoms with van der Waals surface area (Å²) in [5, 5.41) is 3.67. The van der Waals surface area contributed by atoms with Crippen molar-refractivity contribution < 1.29 is 14.3 Å². The Bertz CT molecular complexity index is 674. The Labute approximate surface area is 168 Å². The maximum Gasteiger partial charge on any atom is 0.227 e. The lowest BCUT2D eigenvalue weighted by molar-refractivity contribution is -0.134. The summed E-state index contributed by atoms with van der Waals surface area (Å²) in [6.07, 6.45) is 4.12. The van der Waals surface area contributed by atoms with Crippen LogP contribution in [0.5, 0.6) is 5.75 Å². The van der Waals surface area contributed by atoms with Crippen molar-refractivity contribution in [3.8, 4) is 5.75 Å². The van der Waals surface area contributed by atoms with Crippen molar-refractivity contribution in [2.75, 3.05) is 40.8 Å². The highest BCUT2D eigenvalue weighted by Crippen LogP contribution is 2.30. The van der Waals surface area contributed by atoms with Crippen molar-refractivity contribution >= 4 is 11.8 Å². The Morgan fingerprint density at radius 3 is 2.64 bits per heavy atom. The molecule has 0 radical (unpaired) electrons. The maximum absolute atomic E-state index is 12.9. The molecule has 154 valence electrons. The number of ether oxygens (including phenoxy) is 1. The number of rotatable bonds is 7. The summed E-state index contributed by atoms with van der Waals surface area (Å²) in [5.41, 5.74) is 1.03. The first-order chi connectivity index (χ1) is 13.5. The number of nitrogens with zero attached hydrogens (tertiary/aromatic N) is 2. The fraction of sp³-hybridized carbons (Fsp3) is 0.636. The van der Waals surface area contributed by atoms with E-state index in [0.717, 1.165) is 43.8 Å². The summed E-state index contributed by atoms with van der Waals surface area (Å²) in [4.78, 5) is 28.4. The van der Waals surface area contributed by atoms with Gasteiger partial charge in [0.05, 0.1) is 13.5 Å². The van der Waals surface area contributed by atoms with Crippen molar-refractivity contribution in [1.82, 2.24) is 15.1 Å². The van der Waals surface area contributed by atoms with Crippen LogP contribution in [0.15, 0.2) is 24.3 Å². The number of likely N-dealkylation sites (tertiary alicyclic amines) is 1. The van der Waals surface area contributed by atoms with E-state index in [0.29, 0.717) is 30.7 Å². The quantitative estimate of drug-likeness (QED) is 0.777. The predicted molar refractivity (Wildman–Crippen MR) is 109 cm³/mol. The molecule has 28 heavy (non-hydrogen) atoms. The summed E-state index contributed by atoms with van der Waals surface area (Å²) >= 11 is 0. The van der Waals surface area contributed by atoms with Gasteiger partial charge in [-0.05, 0) is 55.3 Å². The van der Waals surface area contributed by atoms with Gasteiger partial charge >= 0.3 is 0 Å². The lowest BCUT2D eigenvalue weighted by Crippen LogP contribution is -2.57. The van der Waals surface area contributed by atoms with Gasteiger partial charge in [0.2, 0.25) is 11.8 Å². The second-order valence-electron chi connectivity index (χ2n) is 8.38. The minimum atomic E-state index is 0.189. The summed E-state index contributed by atoms with van der Waals surface area (Å²) in [5.74, 6) is 2.24. The number of benzene rings is 1. The first kappa shape index (κ1) is 20.6. The van der Waals surface area contributed by atoms with Crippen LogP contribution in [0, 0.1) is 11.8 Å². The molecule has 2 bridgehead atoms. The molecule has 2 aliphatic heterocycles. The van der Waals surface area contributed by atoms with E-state index < -0.39 is 0 Å². The largest absolute Gasteiger partial charge is 0.497 e. The Morgan fingerprint density at radius 2 is 1.96 bits per heavy atom. The Kier molecular flexibility index (Phi) is 6.94. The molecule has 3 rings (SSSR count). The molecule has 0 spiro atoms. The lowest BCUT2D eigenvalue weighted by atomic mass is 9.79. The zero-order valence-corrected chi connectivity index (χ0v) is 17.3. The molecule has 0 aromatic heterocycles. The number of hydrogen-bond acceptors (Lipinski definition) is 4. The summed E-state index contributed by atoms with van der Waals surface area (Å²) in [6, 6.07) is 8.15. The van der Waals surface area contributed by atoms with E-state index in [1.165, 1.54) is 6.42 Å². The molecule has 6 heteroatoms. The standard InChI is InChI=1S/C22H33N3O3/c1-24(2)21(26)6-4-5-20-18-11-17(13-23-20)14-25(15-18)22(27)12-16-7-9-19(28-3)10-8-16/h7-10,17-18,20,23H,4-6,11-15H2,1-3H3/t17-,18+,20+/m0/s1. The number of carbonyl (C=O) groups excluding carboxylic acids is 2. The third-order valence-corrected chi connectivity index (χ3v) is 6.08. The van der Waals surface area contributed by atoms with Crippen molar-refractivity contribution in [2.45, 2.75) is 38.1 Å². The summed E-state index contributed by atoms with van der Waals surface area (Å²) < 4.78 is 5.19. The highest BCUT2D eigenvalue weighted by Gasteiger charge is 2.37. The highest BCUT2D eigenvalue weighted by atomic mass is 16.5. The molecule has 2 amide bonds. The number of fused-ring (bicyclic) bond motifs is 2. The number of hydrogen-bond donors (Lipinski definition) is 1. The number of nitrogens with one attached hydrogen (secondary N) is 1. The van der Waals surface area contributed by atoms with Crippen LogP contribution in [0.4, 0.5) is 0 Å². The number of amides is 2. The maximum atomic E-state index is 12.9. The van der Waals surface area contributed by atoms with E-state index in [-0.39, 0.29) is 11.8 Å². The van der Waals surface area contributed by atoms with Crippen LogP contribution in [0.25, 0.3) is 0 Å². The van der Waals surface area contributed by atoms with Gasteiger partial charge in [0.25, 0.3) is 0 Å². The third-order valence-electron chi connectivity index (χ3n) is 6.08. The molecular formula is C22H33N3O3. The second-order valence-corrected chi connectivity index (χ2v) is 8.38. The van der Waals surface area contributed by atoms with Crippen molar-refractivity contribution in [2.24, 2.45) is 11.8 Å². The molecule has 0 aliphatic carbocycles. The summed E-state index contributed by atoms with van der Waals surface area (Å²) in [6.45, 7) is 2.64. The number of methoxy groups -OCH3 is 1. The van der Waals surface area contributed by atoms with Gasteiger partial charge in [-0.15, -0.1) is 0 Å². The fourth-order valence-electron chi connectivity index (χ4n) is 4.44. The van der Waals surface area contributed by atoms with E-state index in [1.54, 1.807) is 26.1 Å². The third kappa shape index (κ3) is 5.25. The Hall–Kier alpha value is -2.08. The van der Waals surface area contributed by atoms with E-state index in [4.69, 9.17) is 4.74 Å². The molecule has 2 saturated heterocycles. The van der Waals surface area contributed by atoms with Gasteiger partial charge in [-0.2, -0.15) is 0 Å². The van der Waals surface area contributed by atoms with Gasteiger partial charge < -0.3 is 19.9 Å². The smallest absolute Gasteiger partial charge is 0.227 e. The van der Waals surface area contributed by atoms with Crippen LogP contribution < -0.4 is 10.1 Å². The fourth-order valence-corrected chi connectivity index (χ4v) is 4.44. The van der Waals surface area contributed by atoms with Crippen LogP contribution >= 0.6 is 0 Å². The minimum absolute atomic E-state index is 0.189. The van der Waals surface area contributed by atoms with E-state index in [2.05, 4.69) is 10.2 Å². The van der Waals surface area contributed by atoms with E-state index in [1.807, 2.05) is 24.3 Å². The monoisotopic (exact) mass is 387 g/mol. The van der Waals surface area contributed by atoms with Gasteiger partial charge in [-0.25, -0.2) is 0 Å². The van der Waals surface area contributed by atoms with Crippen LogP contribution in [0.2, 0.25) is 0 Å². The van der Waals surface area contributed by atoms with Gasteiger partial charge in [0.15, 0.2) is 0 Å². The molecule has 1 aromatic carbocycles. The van der Waals surface area contributed by atoms with E-state index in [9.17, 15) is 9.59 Å². The molecule has 0 unspecified atom stereocenters. The van der Waals surface area contributed by atoms with Gasteiger partial charge in [-0.1, -0.05) is 12.1 Å². The van der Waals surface area contributed by atoms with Crippen molar-refractivity contribution in [3.63, 3.8) is 0 Å². The lowest BCUT2D eigenvalue weighted by Gasteiger charge is -2.46. The molecule has 2 aliphatic rings. The van der Waals surface area contributed by atoms with Crippen LogP contribution in [0.3, 0.4) is 0 Å². The normalized spacial score (nSPS) is 24.0. The average Bonchev–Trinajstić information content (AvgIpc) is 2.69. The minimum Gasteiger partial charge on any atom is -0.497 e. The molecule has 0 saturated carbocycles. The molecule has 6 nitrogen and oxygen atoms in total. The number of piperidine rings is 2. The van der Waals surface area contributed by atoms with Gasteiger partial charge in [0.1, 0.15) is 5.75 Å². The first-order valence-electron chi connectivity index (χ1n) is 10.3. The Morgan fingerprint density at radius 1 is 1.21 bits per heavy atom. The molecular weight excluding hydrogens is 354 g/mol. The topological polar surface area (TPSA) is 61.9 Å². The second kappa shape index (κ2) is 9.41. The van der Waals surface area contributed by atoms with Gasteiger partial charge in [-0.3, -0.25) is 9.59 Å². The van der Waals surface area contributed by atoms with Crippen molar-refractivity contribution in [3.05, 3.63) is 29.8 Å². The zero-order chi connectivity index (χ0) is 20.1. The zero-order valence-electron chi connectivity index (χ0n) is 17.3. The van der Waals surface area contributed by atoms with Crippen LogP contribution in [-0.4, -0.2) is 68.5 Å². The Balaban J connectivity index is 1.52.